The minimum Gasteiger partial charge on any atom is -0.386 e. The van der Waals surface area contributed by atoms with Crippen molar-refractivity contribution < 1.29 is 14.7 Å². The van der Waals surface area contributed by atoms with Gasteiger partial charge in [0.25, 0.3) is 5.91 Å². The molecule has 2 unspecified atom stereocenters. The fourth-order valence-electron chi connectivity index (χ4n) is 4.75. The number of benzene rings is 4. The van der Waals surface area contributed by atoms with Gasteiger partial charge in [0.15, 0.2) is 0 Å². The quantitative estimate of drug-likeness (QED) is 0.407. The molecule has 35 heavy (non-hydrogen) atoms. The highest BCUT2D eigenvalue weighted by molar-refractivity contribution is 6.05. The fourth-order valence-corrected chi connectivity index (χ4v) is 4.75. The third kappa shape index (κ3) is 4.46. The summed E-state index contributed by atoms with van der Waals surface area (Å²) in [6, 6.07) is 33.9. The fraction of sp³-hybridized carbons (Fsp3) is 0.133. The highest BCUT2D eigenvalue weighted by Crippen LogP contribution is 2.45. The molecule has 0 saturated heterocycles. The SMILES string of the molecule is O=C(NCc1ccccc1)C1c2ccccc2C(=O)N1C(c1ccccc1)[C@@H](O)c1ccccc1. The molecule has 1 aliphatic rings. The molecular formula is C30H26N2O3. The number of amides is 2. The van der Waals surface area contributed by atoms with Gasteiger partial charge in [-0.05, 0) is 28.3 Å². The number of aliphatic hydroxyl groups is 1. The van der Waals surface area contributed by atoms with E-state index in [1.54, 1.807) is 12.1 Å². The summed E-state index contributed by atoms with van der Waals surface area (Å²) in [4.78, 5) is 29.0. The average Bonchev–Trinajstić information content (AvgIpc) is 3.21. The van der Waals surface area contributed by atoms with Crippen LogP contribution in [0.15, 0.2) is 115 Å². The van der Waals surface area contributed by atoms with Crippen LogP contribution in [0.25, 0.3) is 0 Å². The Morgan fingerprint density at radius 3 is 1.97 bits per heavy atom. The number of nitrogens with one attached hydrogen (secondary N) is 1. The zero-order chi connectivity index (χ0) is 24.2. The van der Waals surface area contributed by atoms with Gasteiger partial charge in [0.05, 0.1) is 6.04 Å². The van der Waals surface area contributed by atoms with E-state index in [-0.39, 0.29) is 11.8 Å². The molecule has 0 spiro atoms. The van der Waals surface area contributed by atoms with Gasteiger partial charge in [0.2, 0.25) is 5.91 Å². The number of hydrogen-bond acceptors (Lipinski definition) is 3. The molecular weight excluding hydrogens is 436 g/mol. The smallest absolute Gasteiger partial charge is 0.255 e. The number of nitrogens with zero attached hydrogens (tertiary/aromatic N) is 1. The molecule has 1 aliphatic heterocycles. The molecule has 0 fully saturated rings. The van der Waals surface area contributed by atoms with E-state index in [2.05, 4.69) is 5.32 Å². The van der Waals surface area contributed by atoms with Gasteiger partial charge < -0.3 is 15.3 Å². The molecule has 0 saturated carbocycles. The van der Waals surface area contributed by atoms with Crippen molar-refractivity contribution in [1.82, 2.24) is 10.2 Å². The molecule has 4 aromatic rings. The summed E-state index contributed by atoms with van der Waals surface area (Å²) in [5, 5.41) is 14.6. The summed E-state index contributed by atoms with van der Waals surface area (Å²) in [5.74, 6) is -0.558. The number of carbonyl (C=O) groups is 2. The number of carbonyl (C=O) groups excluding carboxylic acids is 2. The molecule has 4 aromatic carbocycles. The van der Waals surface area contributed by atoms with Gasteiger partial charge in [-0.1, -0.05) is 109 Å². The summed E-state index contributed by atoms with van der Waals surface area (Å²) >= 11 is 0. The third-order valence-corrected chi connectivity index (χ3v) is 6.44. The largest absolute Gasteiger partial charge is 0.386 e. The van der Waals surface area contributed by atoms with Gasteiger partial charge in [-0.2, -0.15) is 0 Å². The van der Waals surface area contributed by atoms with Gasteiger partial charge in [-0.15, -0.1) is 0 Å². The summed E-state index contributed by atoms with van der Waals surface area (Å²) in [5.41, 5.74) is 3.52. The maximum atomic E-state index is 13.8. The molecule has 0 bridgehead atoms. The van der Waals surface area contributed by atoms with Crippen LogP contribution in [0.2, 0.25) is 0 Å². The Bertz CT molecular complexity index is 1310. The lowest BCUT2D eigenvalue weighted by molar-refractivity contribution is -0.127. The normalized spacial score (nSPS) is 16.4. The molecule has 3 atom stereocenters. The van der Waals surface area contributed by atoms with Crippen molar-refractivity contribution in [1.29, 1.82) is 0 Å². The van der Waals surface area contributed by atoms with Crippen LogP contribution in [0.1, 0.15) is 50.8 Å². The predicted molar refractivity (Wildman–Crippen MR) is 134 cm³/mol. The average molecular weight is 463 g/mol. The van der Waals surface area contributed by atoms with Gasteiger partial charge >= 0.3 is 0 Å². The predicted octanol–water partition coefficient (Wildman–Crippen LogP) is 4.97. The van der Waals surface area contributed by atoms with Crippen LogP contribution in [0, 0.1) is 0 Å². The zero-order valence-electron chi connectivity index (χ0n) is 19.1. The Morgan fingerprint density at radius 2 is 1.31 bits per heavy atom. The number of aliphatic hydroxyl groups excluding tert-OH is 1. The van der Waals surface area contributed by atoms with E-state index in [1.165, 1.54) is 4.90 Å². The highest BCUT2D eigenvalue weighted by atomic mass is 16.3. The molecule has 1 heterocycles. The van der Waals surface area contributed by atoms with Gasteiger partial charge in [-0.25, -0.2) is 0 Å². The Morgan fingerprint density at radius 1 is 0.771 bits per heavy atom. The minimum absolute atomic E-state index is 0.274. The van der Waals surface area contributed by atoms with E-state index in [0.29, 0.717) is 23.2 Å². The van der Waals surface area contributed by atoms with Crippen LogP contribution in [0.3, 0.4) is 0 Å². The van der Waals surface area contributed by atoms with Gasteiger partial charge in [0.1, 0.15) is 12.1 Å². The van der Waals surface area contributed by atoms with Crippen LogP contribution < -0.4 is 5.32 Å². The summed E-state index contributed by atoms with van der Waals surface area (Å²) in [7, 11) is 0. The summed E-state index contributed by atoms with van der Waals surface area (Å²) in [6.07, 6.45) is -1.03. The van der Waals surface area contributed by atoms with E-state index < -0.39 is 18.2 Å². The molecule has 5 heteroatoms. The standard InChI is InChI=1S/C30H26N2O3/c33-28(23-16-8-3-9-17-23)26(22-14-6-2-7-15-22)32-27(24-18-10-11-19-25(24)30(32)35)29(34)31-20-21-12-4-1-5-13-21/h1-19,26-28,33H,20H2,(H,31,34)/t26?,27?,28-/m0/s1. The molecule has 5 nitrogen and oxygen atoms in total. The molecule has 0 radical (unpaired) electrons. The Kier molecular flexibility index (Phi) is 6.42. The Balaban J connectivity index is 1.56. The first-order valence-electron chi connectivity index (χ1n) is 11.7. The van der Waals surface area contributed by atoms with E-state index in [9.17, 15) is 14.7 Å². The van der Waals surface area contributed by atoms with Crippen molar-refractivity contribution in [2.45, 2.75) is 24.7 Å². The van der Waals surface area contributed by atoms with Crippen LogP contribution in [-0.2, 0) is 11.3 Å². The first-order chi connectivity index (χ1) is 17.1. The Hall–Kier alpha value is -4.22. The lowest BCUT2D eigenvalue weighted by Gasteiger charge is -2.36. The summed E-state index contributed by atoms with van der Waals surface area (Å²) in [6.45, 7) is 0.345. The van der Waals surface area contributed by atoms with E-state index in [0.717, 1.165) is 11.1 Å². The monoisotopic (exact) mass is 462 g/mol. The second kappa shape index (κ2) is 9.95. The van der Waals surface area contributed by atoms with Crippen LogP contribution in [0.4, 0.5) is 0 Å². The number of fused-ring (bicyclic) bond motifs is 1. The lowest BCUT2D eigenvalue weighted by Crippen LogP contribution is -2.42. The van der Waals surface area contributed by atoms with E-state index >= 15 is 0 Å². The van der Waals surface area contributed by atoms with Crippen LogP contribution >= 0.6 is 0 Å². The minimum atomic E-state index is -1.03. The van der Waals surface area contributed by atoms with Crippen molar-refractivity contribution in [3.05, 3.63) is 143 Å². The van der Waals surface area contributed by atoms with Gasteiger partial charge in [-0.3, -0.25) is 9.59 Å². The summed E-state index contributed by atoms with van der Waals surface area (Å²) < 4.78 is 0. The van der Waals surface area contributed by atoms with Crippen LogP contribution in [0.5, 0.6) is 0 Å². The molecule has 2 N–H and O–H groups in total. The van der Waals surface area contributed by atoms with Crippen molar-refractivity contribution in [2.24, 2.45) is 0 Å². The zero-order valence-corrected chi connectivity index (χ0v) is 19.1. The van der Waals surface area contributed by atoms with E-state index in [1.807, 2.05) is 103 Å². The van der Waals surface area contributed by atoms with Crippen molar-refractivity contribution in [2.75, 3.05) is 0 Å². The van der Waals surface area contributed by atoms with Crippen molar-refractivity contribution in [3.8, 4) is 0 Å². The maximum Gasteiger partial charge on any atom is 0.255 e. The van der Waals surface area contributed by atoms with Crippen molar-refractivity contribution in [3.63, 3.8) is 0 Å². The molecule has 0 aliphatic carbocycles. The number of hydrogen-bond donors (Lipinski definition) is 2. The first-order valence-corrected chi connectivity index (χ1v) is 11.7. The molecule has 5 rings (SSSR count). The second-order valence-electron chi connectivity index (χ2n) is 8.62. The highest BCUT2D eigenvalue weighted by Gasteiger charge is 2.47. The molecule has 2 amide bonds. The molecule has 0 aromatic heterocycles. The van der Waals surface area contributed by atoms with E-state index in [4.69, 9.17) is 0 Å². The van der Waals surface area contributed by atoms with Gasteiger partial charge in [0, 0.05) is 12.1 Å². The first kappa shape index (κ1) is 22.6. The lowest BCUT2D eigenvalue weighted by atomic mass is 9.93. The number of rotatable bonds is 7. The second-order valence-corrected chi connectivity index (χ2v) is 8.62. The molecule has 174 valence electrons. The Labute approximate surface area is 204 Å². The third-order valence-electron chi connectivity index (χ3n) is 6.44. The van der Waals surface area contributed by atoms with Crippen LogP contribution in [-0.4, -0.2) is 21.8 Å². The topological polar surface area (TPSA) is 69.6 Å². The van der Waals surface area contributed by atoms with Crippen molar-refractivity contribution >= 4 is 11.8 Å². The maximum absolute atomic E-state index is 13.8.